The van der Waals surface area contributed by atoms with Crippen LogP contribution < -0.4 is 5.32 Å². The minimum atomic E-state index is -0.520. The lowest BCUT2D eigenvalue weighted by molar-refractivity contribution is -0.00954. The van der Waals surface area contributed by atoms with Crippen LogP contribution in [0.1, 0.15) is 35.2 Å². The molecule has 1 unspecified atom stereocenters. The maximum absolute atomic E-state index is 14.2. The van der Waals surface area contributed by atoms with Crippen LogP contribution in [0.5, 0.6) is 0 Å². The number of aliphatic hydroxyl groups excluding tert-OH is 1. The molecule has 5 nitrogen and oxygen atoms in total. The van der Waals surface area contributed by atoms with Crippen LogP contribution in [0.2, 0.25) is 0 Å². The zero-order chi connectivity index (χ0) is 17.1. The van der Waals surface area contributed by atoms with Gasteiger partial charge in [-0.15, -0.1) is 0 Å². The third kappa shape index (κ3) is 3.94. The predicted octanol–water partition coefficient (Wildman–Crippen LogP) is 1.55. The number of carbonyl (C=O) groups excluding carboxylic acids is 1. The van der Waals surface area contributed by atoms with Gasteiger partial charge in [-0.3, -0.25) is 9.69 Å². The number of ether oxygens (including phenoxy) is 1. The highest BCUT2D eigenvalue weighted by Crippen LogP contribution is 2.31. The third-order valence-electron chi connectivity index (χ3n) is 5.02. The van der Waals surface area contributed by atoms with Crippen LogP contribution in [0.15, 0.2) is 18.2 Å². The number of nitrogens with zero attached hydrogens (tertiary/aromatic N) is 1. The first kappa shape index (κ1) is 17.3. The SMILES string of the molecule is COCc1ccc(C(=O)NC(CN2CC(O)C2)C2CCC2)c(F)c1. The Morgan fingerprint density at radius 2 is 2.21 bits per heavy atom. The molecule has 1 saturated heterocycles. The largest absolute Gasteiger partial charge is 0.390 e. The molecule has 24 heavy (non-hydrogen) atoms. The molecule has 2 aliphatic rings. The Kier molecular flexibility index (Phi) is 5.48. The number of hydrogen-bond acceptors (Lipinski definition) is 4. The number of likely N-dealkylation sites (tertiary alicyclic amines) is 1. The minimum Gasteiger partial charge on any atom is -0.390 e. The lowest BCUT2D eigenvalue weighted by Gasteiger charge is -2.42. The van der Waals surface area contributed by atoms with Gasteiger partial charge < -0.3 is 15.2 Å². The molecule has 1 saturated carbocycles. The van der Waals surface area contributed by atoms with Gasteiger partial charge in [0.1, 0.15) is 5.82 Å². The van der Waals surface area contributed by atoms with Crippen molar-refractivity contribution >= 4 is 5.91 Å². The van der Waals surface area contributed by atoms with Crippen molar-refractivity contribution in [1.82, 2.24) is 10.2 Å². The van der Waals surface area contributed by atoms with Gasteiger partial charge in [-0.25, -0.2) is 4.39 Å². The van der Waals surface area contributed by atoms with E-state index in [1.807, 2.05) is 0 Å². The Balaban J connectivity index is 1.64. The van der Waals surface area contributed by atoms with Gasteiger partial charge in [-0.05, 0) is 36.5 Å². The van der Waals surface area contributed by atoms with E-state index in [9.17, 15) is 14.3 Å². The Morgan fingerprint density at radius 1 is 1.46 bits per heavy atom. The summed E-state index contributed by atoms with van der Waals surface area (Å²) in [6.45, 7) is 2.34. The highest BCUT2D eigenvalue weighted by atomic mass is 19.1. The van der Waals surface area contributed by atoms with Crippen LogP contribution >= 0.6 is 0 Å². The fourth-order valence-corrected chi connectivity index (χ4v) is 3.37. The molecule has 0 aromatic heterocycles. The van der Waals surface area contributed by atoms with Crippen molar-refractivity contribution in [3.05, 3.63) is 35.1 Å². The summed E-state index contributed by atoms with van der Waals surface area (Å²) >= 11 is 0. The smallest absolute Gasteiger partial charge is 0.254 e. The van der Waals surface area contributed by atoms with Crippen LogP contribution in [-0.2, 0) is 11.3 Å². The van der Waals surface area contributed by atoms with Crippen molar-refractivity contribution in [2.45, 2.75) is 38.0 Å². The van der Waals surface area contributed by atoms with Gasteiger partial charge in [0, 0.05) is 32.8 Å². The van der Waals surface area contributed by atoms with Crippen LogP contribution in [0.25, 0.3) is 0 Å². The topological polar surface area (TPSA) is 61.8 Å². The molecule has 1 aromatic carbocycles. The second kappa shape index (κ2) is 7.59. The predicted molar refractivity (Wildman–Crippen MR) is 88.2 cm³/mol. The van der Waals surface area contributed by atoms with E-state index >= 15 is 0 Å². The van der Waals surface area contributed by atoms with E-state index in [2.05, 4.69) is 10.2 Å². The van der Waals surface area contributed by atoms with Crippen molar-refractivity contribution in [3.63, 3.8) is 0 Å². The van der Waals surface area contributed by atoms with E-state index < -0.39 is 5.82 Å². The molecule has 2 N–H and O–H groups in total. The average molecular weight is 336 g/mol. The maximum atomic E-state index is 14.2. The number of rotatable bonds is 7. The summed E-state index contributed by atoms with van der Waals surface area (Å²) in [5, 5.41) is 12.4. The summed E-state index contributed by atoms with van der Waals surface area (Å²) in [5.74, 6) is -0.439. The van der Waals surface area contributed by atoms with E-state index in [0.717, 1.165) is 19.4 Å². The summed E-state index contributed by atoms with van der Waals surface area (Å²) in [5.41, 5.74) is 0.777. The second-order valence-electron chi connectivity index (χ2n) is 6.89. The number of carbonyl (C=O) groups is 1. The minimum absolute atomic E-state index is 0.0109. The fourth-order valence-electron chi connectivity index (χ4n) is 3.37. The molecule has 6 heteroatoms. The lowest BCUT2D eigenvalue weighted by Crippen LogP contribution is -2.58. The first-order valence-electron chi connectivity index (χ1n) is 8.55. The number of aliphatic hydroxyl groups is 1. The fraction of sp³-hybridized carbons (Fsp3) is 0.611. The van der Waals surface area contributed by atoms with Gasteiger partial charge in [-0.1, -0.05) is 12.5 Å². The van der Waals surface area contributed by atoms with Gasteiger partial charge in [0.2, 0.25) is 0 Å². The van der Waals surface area contributed by atoms with Crippen LogP contribution in [0.3, 0.4) is 0 Å². The van der Waals surface area contributed by atoms with Crippen molar-refractivity contribution in [2.75, 3.05) is 26.7 Å². The highest BCUT2D eigenvalue weighted by Gasteiger charge is 2.34. The van der Waals surface area contributed by atoms with E-state index in [0.29, 0.717) is 31.2 Å². The van der Waals surface area contributed by atoms with Crippen molar-refractivity contribution < 1.29 is 19.0 Å². The van der Waals surface area contributed by atoms with Crippen LogP contribution in [0, 0.1) is 11.7 Å². The second-order valence-corrected chi connectivity index (χ2v) is 6.89. The summed E-state index contributed by atoms with van der Waals surface area (Å²) in [7, 11) is 1.55. The molecule has 132 valence electrons. The molecule has 0 bridgehead atoms. The van der Waals surface area contributed by atoms with Crippen LogP contribution in [-0.4, -0.2) is 54.8 Å². The van der Waals surface area contributed by atoms with Gasteiger partial charge in [0.15, 0.2) is 0 Å². The molecule has 1 heterocycles. The van der Waals surface area contributed by atoms with Crippen molar-refractivity contribution in [1.29, 1.82) is 0 Å². The molecule has 1 aliphatic heterocycles. The molecule has 3 rings (SSSR count). The van der Waals surface area contributed by atoms with E-state index in [1.54, 1.807) is 13.2 Å². The van der Waals surface area contributed by atoms with E-state index in [1.165, 1.54) is 18.6 Å². The zero-order valence-electron chi connectivity index (χ0n) is 14.0. The van der Waals surface area contributed by atoms with E-state index in [4.69, 9.17) is 4.74 Å². The molecule has 1 aliphatic carbocycles. The lowest BCUT2D eigenvalue weighted by atomic mass is 9.79. The zero-order valence-corrected chi connectivity index (χ0v) is 14.0. The van der Waals surface area contributed by atoms with Crippen molar-refractivity contribution in [2.24, 2.45) is 5.92 Å². The normalized spacial score (nSPS) is 20.3. The molecule has 1 amide bonds. The van der Waals surface area contributed by atoms with Crippen LogP contribution in [0.4, 0.5) is 4.39 Å². The molecule has 0 spiro atoms. The number of amides is 1. The Morgan fingerprint density at radius 3 is 2.75 bits per heavy atom. The third-order valence-corrected chi connectivity index (χ3v) is 5.02. The average Bonchev–Trinajstić information content (AvgIpc) is 2.44. The molecular formula is C18H25FN2O3. The van der Waals surface area contributed by atoms with Crippen molar-refractivity contribution in [3.8, 4) is 0 Å². The number of benzene rings is 1. The maximum Gasteiger partial charge on any atom is 0.254 e. The Hall–Kier alpha value is -1.50. The Bertz CT molecular complexity index is 586. The number of β-amino-alcohol motifs (C(OH)–C–C–N with tert-alkyl or cyclic N) is 1. The standard InChI is InChI=1S/C18H25FN2O3/c1-24-11-12-5-6-15(16(19)7-12)18(23)20-17(13-3-2-4-13)10-21-8-14(22)9-21/h5-7,13-14,17,22H,2-4,8-11H2,1H3,(H,20,23). The molecular weight excluding hydrogens is 311 g/mol. The number of methoxy groups -OCH3 is 1. The quantitative estimate of drug-likeness (QED) is 0.793. The summed E-state index contributed by atoms with van der Waals surface area (Å²) in [6, 6.07) is 4.59. The number of hydrogen-bond donors (Lipinski definition) is 2. The van der Waals surface area contributed by atoms with E-state index in [-0.39, 0.29) is 23.6 Å². The monoisotopic (exact) mass is 336 g/mol. The summed E-state index contributed by atoms with van der Waals surface area (Å²) < 4.78 is 19.2. The molecule has 0 radical (unpaired) electrons. The molecule has 1 aromatic rings. The molecule has 1 atom stereocenters. The number of halogens is 1. The number of nitrogens with one attached hydrogen (secondary N) is 1. The summed E-state index contributed by atoms with van der Waals surface area (Å²) in [6.07, 6.45) is 3.11. The highest BCUT2D eigenvalue weighted by molar-refractivity contribution is 5.94. The first-order valence-corrected chi connectivity index (χ1v) is 8.55. The van der Waals surface area contributed by atoms with Gasteiger partial charge in [0.05, 0.1) is 18.3 Å². The Labute approximate surface area is 141 Å². The summed E-state index contributed by atoms with van der Waals surface area (Å²) in [4.78, 5) is 14.6. The van der Waals surface area contributed by atoms with Gasteiger partial charge >= 0.3 is 0 Å². The van der Waals surface area contributed by atoms with Gasteiger partial charge in [0.25, 0.3) is 5.91 Å². The van der Waals surface area contributed by atoms with Gasteiger partial charge in [-0.2, -0.15) is 0 Å². The molecule has 2 fully saturated rings. The first-order chi connectivity index (χ1) is 11.6.